The number of benzene rings is 2. The maximum Gasteiger partial charge on any atom is 0.263 e. The van der Waals surface area contributed by atoms with Crippen LogP contribution < -0.4 is 14.4 Å². The number of hydrogen-bond donors (Lipinski definition) is 1. The van der Waals surface area contributed by atoms with Crippen LogP contribution in [0.2, 0.25) is 5.02 Å². The Labute approximate surface area is 208 Å². The van der Waals surface area contributed by atoms with Crippen molar-refractivity contribution in [3.05, 3.63) is 64.6 Å². The standard InChI is InChI=1S/C23H25ClN4O4S2/c1-32-20-6-8-21(9-7-20)34(30,31)26-23-25-18(16-33-23)5-10-22(29)28-13-11-27(12-14-28)19-4-2-3-17(24)15-19/h2-4,6-9,15-16H,5,10-14H2,1H3,(H,25,26). The zero-order valence-corrected chi connectivity index (χ0v) is 21.0. The molecule has 8 nitrogen and oxygen atoms in total. The van der Waals surface area contributed by atoms with Crippen LogP contribution in [0.1, 0.15) is 12.1 Å². The Morgan fingerprint density at radius 2 is 1.88 bits per heavy atom. The van der Waals surface area contributed by atoms with Crippen molar-refractivity contribution < 1.29 is 17.9 Å². The second-order valence-corrected chi connectivity index (χ2v) is 10.7. The first-order valence-electron chi connectivity index (χ1n) is 10.7. The molecule has 1 N–H and O–H groups in total. The summed E-state index contributed by atoms with van der Waals surface area (Å²) in [5, 5.41) is 2.74. The fourth-order valence-electron chi connectivity index (χ4n) is 3.68. The number of thiazole rings is 1. The van der Waals surface area contributed by atoms with Crippen LogP contribution in [0.3, 0.4) is 0 Å². The Hall–Kier alpha value is -2.82. The third kappa shape index (κ3) is 5.99. The van der Waals surface area contributed by atoms with Crippen LogP contribution in [0.25, 0.3) is 0 Å². The number of aryl methyl sites for hydroxylation is 1. The number of halogens is 1. The van der Waals surface area contributed by atoms with Crippen LogP contribution in [0.5, 0.6) is 5.75 Å². The molecule has 1 aromatic heterocycles. The Kier molecular flexibility index (Phi) is 7.60. The molecule has 4 rings (SSSR count). The van der Waals surface area contributed by atoms with Gasteiger partial charge in [0, 0.05) is 48.7 Å². The van der Waals surface area contributed by atoms with Gasteiger partial charge < -0.3 is 14.5 Å². The van der Waals surface area contributed by atoms with Gasteiger partial charge in [-0.1, -0.05) is 17.7 Å². The van der Waals surface area contributed by atoms with E-state index in [0.29, 0.717) is 42.4 Å². The minimum Gasteiger partial charge on any atom is -0.497 e. The summed E-state index contributed by atoms with van der Waals surface area (Å²) >= 11 is 7.28. The van der Waals surface area contributed by atoms with Crippen molar-refractivity contribution in [2.24, 2.45) is 0 Å². The highest BCUT2D eigenvalue weighted by Crippen LogP contribution is 2.23. The van der Waals surface area contributed by atoms with Crippen LogP contribution in [0, 0.1) is 0 Å². The lowest BCUT2D eigenvalue weighted by Gasteiger charge is -2.36. The van der Waals surface area contributed by atoms with Crippen molar-refractivity contribution in [1.82, 2.24) is 9.88 Å². The summed E-state index contributed by atoms with van der Waals surface area (Å²) in [7, 11) is -2.23. The third-order valence-electron chi connectivity index (χ3n) is 5.54. The Balaban J connectivity index is 1.27. The molecule has 0 saturated carbocycles. The number of nitrogens with zero attached hydrogens (tertiary/aromatic N) is 3. The molecule has 3 aromatic rings. The molecule has 0 aliphatic carbocycles. The lowest BCUT2D eigenvalue weighted by atomic mass is 10.2. The molecule has 2 heterocycles. The van der Waals surface area contributed by atoms with Gasteiger partial charge in [0.05, 0.1) is 17.7 Å². The van der Waals surface area contributed by atoms with Gasteiger partial charge in [-0.05, 0) is 48.9 Å². The number of carbonyl (C=O) groups is 1. The summed E-state index contributed by atoms with van der Waals surface area (Å²) in [6, 6.07) is 13.8. The maximum absolute atomic E-state index is 12.7. The Morgan fingerprint density at radius 3 is 2.56 bits per heavy atom. The van der Waals surface area contributed by atoms with E-state index in [1.165, 1.54) is 30.6 Å². The van der Waals surface area contributed by atoms with Crippen molar-refractivity contribution in [3.63, 3.8) is 0 Å². The lowest BCUT2D eigenvalue weighted by Crippen LogP contribution is -2.48. The molecule has 1 amide bonds. The third-order valence-corrected chi connectivity index (χ3v) is 8.07. The summed E-state index contributed by atoms with van der Waals surface area (Å²) < 4.78 is 32.7. The van der Waals surface area contributed by atoms with Gasteiger partial charge in [0.1, 0.15) is 5.75 Å². The van der Waals surface area contributed by atoms with Crippen LogP contribution in [0.4, 0.5) is 10.8 Å². The number of aromatic nitrogens is 1. The molecular formula is C23H25ClN4O4S2. The molecule has 1 fully saturated rings. The number of amides is 1. The molecule has 0 atom stereocenters. The van der Waals surface area contributed by atoms with Crippen LogP contribution in [-0.4, -0.2) is 57.5 Å². The summed E-state index contributed by atoms with van der Waals surface area (Å²) in [5.41, 5.74) is 1.75. The molecule has 0 radical (unpaired) electrons. The topological polar surface area (TPSA) is 91.8 Å². The predicted octanol–water partition coefficient (Wildman–Crippen LogP) is 3.89. The van der Waals surface area contributed by atoms with Gasteiger partial charge in [0.15, 0.2) is 5.13 Å². The van der Waals surface area contributed by atoms with Gasteiger partial charge in [0.25, 0.3) is 10.0 Å². The molecule has 34 heavy (non-hydrogen) atoms. The fourth-order valence-corrected chi connectivity index (χ4v) is 5.86. The number of anilines is 2. The molecular weight excluding hydrogens is 496 g/mol. The van der Waals surface area contributed by atoms with E-state index in [-0.39, 0.29) is 15.9 Å². The van der Waals surface area contributed by atoms with E-state index in [1.807, 2.05) is 29.2 Å². The van der Waals surface area contributed by atoms with Gasteiger partial charge in [-0.2, -0.15) is 0 Å². The number of hydrogen-bond acceptors (Lipinski definition) is 7. The first-order valence-corrected chi connectivity index (χ1v) is 13.5. The number of methoxy groups -OCH3 is 1. The first kappa shape index (κ1) is 24.3. The van der Waals surface area contributed by atoms with Gasteiger partial charge >= 0.3 is 0 Å². The highest BCUT2D eigenvalue weighted by Gasteiger charge is 2.22. The summed E-state index contributed by atoms with van der Waals surface area (Å²) in [6.45, 7) is 2.80. The van der Waals surface area contributed by atoms with Crippen LogP contribution >= 0.6 is 22.9 Å². The molecule has 1 aliphatic heterocycles. The second-order valence-electron chi connectivity index (χ2n) is 7.77. The molecule has 1 saturated heterocycles. The Morgan fingerprint density at radius 1 is 1.15 bits per heavy atom. The molecule has 0 unspecified atom stereocenters. The average molecular weight is 521 g/mol. The smallest absolute Gasteiger partial charge is 0.263 e. The average Bonchev–Trinajstić information content (AvgIpc) is 3.29. The molecule has 0 spiro atoms. The Bertz CT molecular complexity index is 1240. The fraction of sp³-hybridized carbons (Fsp3) is 0.304. The van der Waals surface area contributed by atoms with Crippen LogP contribution in [0.15, 0.2) is 58.8 Å². The summed E-state index contributed by atoms with van der Waals surface area (Å²) in [4.78, 5) is 21.2. The second kappa shape index (κ2) is 10.6. The number of piperazine rings is 1. The largest absolute Gasteiger partial charge is 0.497 e. The number of ether oxygens (including phenoxy) is 1. The van der Waals surface area contributed by atoms with Gasteiger partial charge in [-0.15, -0.1) is 11.3 Å². The van der Waals surface area contributed by atoms with Crippen molar-refractivity contribution in [2.75, 3.05) is 42.9 Å². The van der Waals surface area contributed by atoms with E-state index < -0.39 is 10.0 Å². The quantitative estimate of drug-likeness (QED) is 0.484. The summed E-state index contributed by atoms with van der Waals surface area (Å²) in [5.74, 6) is 0.644. The minimum absolute atomic E-state index is 0.0686. The zero-order valence-electron chi connectivity index (χ0n) is 18.6. The van der Waals surface area contributed by atoms with Crippen molar-refractivity contribution >= 4 is 49.7 Å². The predicted molar refractivity (Wildman–Crippen MR) is 134 cm³/mol. The highest BCUT2D eigenvalue weighted by atomic mass is 35.5. The monoisotopic (exact) mass is 520 g/mol. The van der Waals surface area contributed by atoms with E-state index in [4.69, 9.17) is 16.3 Å². The zero-order chi connectivity index (χ0) is 24.1. The van der Waals surface area contributed by atoms with E-state index in [9.17, 15) is 13.2 Å². The molecule has 1 aliphatic rings. The van der Waals surface area contributed by atoms with Crippen molar-refractivity contribution in [1.29, 1.82) is 0 Å². The molecule has 2 aromatic carbocycles. The SMILES string of the molecule is COc1ccc(S(=O)(=O)Nc2nc(CCC(=O)N3CCN(c4cccc(Cl)c4)CC3)cs2)cc1. The van der Waals surface area contributed by atoms with Crippen molar-refractivity contribution in [3.8, 4) is 5.75 Å². The van der Waals surface area contributed by atoms with E-state index in [2.05, 4.69) is 14.6 Å². The van der Waals surface area contributed by atoms with Crippen molar-refractivity contribution in [2.45, 2.75) is 17.7 Å². The maximum atomic E-state index is 12.7. The van der Waals surface area contributed by atoms with E-state index in [1.54, 1.807) is 17.5 Å². The van der Waals surface area contributed by atoms with Crippen LogP contribution in [-0.2, 0) is 21.2 Å². The number of sulfonamides is 1. The minimum atomic E-state index is -3.75. The molecule has 11 heteroatoms. The lowest BCUT2D eigenvalue weighted by molar-refractivity contribution is -0.131. The van der Waals surface area contributed by atoms with Gasteiger partial charge in [0.2, 0.25) is 5.91 Å². The van der Waals surface area contributed by atoms with E-state index >= 15 is 0 Å². The first-order chi connectivity index (χ1) is 16.3. The number of carbonyl (C=O) groups excluding carboxylic acids is 1. The number of nitrogens with one attached hydrogen (secondary N) is 1. The molecule has 180 valence electrons. The van der Waals surface area contributed by atoms with Gasteiger partial charge in [-0.25, -0.2) is 13.4 Å². The van der Waals surface area contributed by atoms with E-state index in [0.717, 1.165) is 18.8 Å². The molecule has 0 bridgehead atoms. The summed E-state index contributed by atoms with van der Waals surface area (Å²) in [6.07, 6.45) is 0.777. The van der Waals surface area contributed by atoms with Gasteiger partial charge in [-0.3, -0.25) is 9.52 Å². The number of rotatable bonds is 8. The normalized spacial score (nSPS) is 14.2. The highest BCUT2D eigenvalue weighted by molar-refractivity contribution is 7.93.